The van der Waals surface area contributed by atoms with Crippen molar-refractivity contribution >= 4 is 34.2 Å². The lowest BCUT2D eigenvalue weighted by molar-refractivity contribution is 0.471. The van der Waals surface area contributed by atoms with E-state index in [1.807, 2.05) is 49.4 Å². The fraction of sp³-hybridized carbons (Fsp3) is 0.200. The number of para-hydroxylation sites is 2. The van der Waals surface area contributed by atoms with Gasteiger partial charge in [0.2, 0.25) is 0 Å². The first-order chi connectivity index (χ1) is 9.08. The Morgan fingerprint density at radius 3 is 2.63 bits per heavy atom. The zero-order valence-electron chi connectivity index (χ0n) is 10.6. The molecule has 1 atom stereocenters. The Hall–Kier alpha value is -0.780. The van der Waals surface area contributed by atoms with E-state index in [2.05, 4.69) is 22.6 Å². The maximum atomic E-state index is 6.25. The fourth-order valence-corrected chi connectivity index (χ4v) is 2.54. The third-order valence-corrected chi connectivity index (χ3v) is 3.83. The predicted molar refractivity (Wildman–Crippen MR) is 88.0 cm³/mol. The van der Waals surface area contributed by atoms with Crippen LogP contribution in [0.25, 0.3) is 0 Å². The molecule has 0 aliphatic carbocycles. The molecule has 0 aliphatic heterocycles. The lowest BCUT2D eigenvalue weighted by Crippen LogP contribution is -2.18. The van der Waals surface area contributed by atoms with Crippen molar-refractivity contribution in [2.24, 2.45) is 5.73 Å². The number of hydrogen-bond acceptors (Lipinski definition) is 2. The number of benzene rings is 2. The largest absolute Gasteiger partial charge is 0.454 e. The van der Waals surface area contributed by atoms with E-state index in [1.54, 1.807) is 0 Å². The van der Waals surface area contributed by atoms with Crippen LogP contribution in [0.15, 0.2) is 42.5 Å². The van der Waals surface area contributed by atoms with Crippen LogP contribution < -0.4 is 10.5 Å². The summed E-state index contributed by atoms with van der Waals surface area (Å²) in [5, 5.41) is 0.609. The van der Waals surface area contributed by atoms with Crippen LogP contribution >= 0.6 is 34.2 Å². The van der Waals surface area contributed by atoms with Crippen molar-refractivity contribution in [1.82, 2.24) is 0 Å². The topological polar surface area (TPSA) is 35.2 Å². The number of rotatable bonds is 4. The van der Waals surface area contributed by atoms with E-state index in [4.69, 9.17) is 22.1 Å². The van der Waals surface area contributed by atoms with Crippen LogP contribution in [-0.4, -0.2) is 6.04 Å². The van der Waals surface area contributed by atoms with Gasteiger partial charge < -0.3 is 10.5 Å². The summed E-state index contributed by atoms with van der Waals surface area (Å²) in [6.45, 7) is 1.97. The molecule has 4 heteroatoms. The van der Waals surface area contributed by atoms with E-state index in [-0.39, 0.29) is 6.04 Å². The van der Waals surface area contributed by atoms with Crippen LogP contribution in [0.1, 0.15) is 12.5 Å². The Morgan fingerprint density at radius 1 is 1.21 bits per heavy atom. The van der Waals surface area contributed by atoms with Crippen LogP contribution in [0.3, 0.4) is 0 Å². The second kappa shape index (κ2) is 6.59. The van der Waals surface area contributed by atoms with E-state index < -0.39 is 0 Å². The molecule has 100 valence electrons. The first-order valence-electron chi connectivity index (χ1n) is 6.03. The van der Waals surface area contributed by atoms with Crippen molar-refractivity contribution in [2.75, 3.05) is 0 Å². The smallest absolute Gasteiger partial charge is 0.149 e. The van der Waals surface area contributed by atoms with Gasteiger partial charge in [0, 0.05) is 6.04 Å². The Morgan fingerprint density at radius 2 is 1.95 bits per heavy atom. The van der Waals surface area contributed by atoms with Crippen molar-refractivity contribution in [3.63, 3.8) is 0 Å². The molecule has 0 saturated carbocycles. The maximum Gasteiger partial charge on any atom is 0.149 e. The zero-order chi connectivity index (χ0) is 13.8. The molecule has 2 rings (SSSR count). The number of hydrogen-bond donors (Lipinski definition) is 1. The van der Waals surface area contributed by atoms with Crippen LogP contribution in [0.2, 0.25) is 5.02 Å². The van der Waals surface area contributed by atoms with E-state index in [9.17, 15) is 0 Å². The second-order valence-corrected chi connectivity index (χ2v) is 6.01. The molecule has 19 heavy (non-hydrogen) atoms. The average Bonchev–Trinajstić information content (AvgIpc) is 2.35. The fourth-order valence-electron chi connectivity index (χ4n) is 1.81. The molecule has 2 aromatic carbocycles. The van der Waals surface area contributed by atoms with Gasteiger partial charge in [-0.2, -0.15) is 0 Å². The van der Waals surface area contributed by atoms with Crippen LogP contribution in [0, 0.1) is 3.57 Å². The van der Waals surface area contributed by atoms with Gasteiger partial charge in [0.25, 0.3) is 0 Å². The van der Waals surface area contributed by atoms with Crippen molar-refractivity contribution in [3.05, 3.63) is 56.6 Å². The van der Waals surface area contributed by atoms with Crippen LogP contribution in [0.4, 0.5) is 0 Å². The Kier molecular flexibility index (Phi) is 5.07. The molecule has 0 amide bonds. The molecular formula is C15H15ClINO. The molecule has 0 fully saturated rings. The molecule has 0 saturated heterocycles. The Balaban J connectivity index is 2.36. The summed E-state index contributed by atoms with van der Waals surface area (Å²) in [6.07, 6.45) is 0.735. The third-order valence-electron chi connectivity index (χ3n) is 2.64. The minimum atomic E-state index is 0.0654. The Labute approximate surface area is 132 Å². The number of nitrogens with two attached hydrogens (primary N) is 1. The molecule has 2 aromatic rings. The monoisotopic (exact) mass is 387 g/mol. The van der Waals surface area contributed by atoms with Gasteiger partial charge in [-0.15, -0.1) is 0 Å². The number of halogens is 2. The van der Waals surface area contributed by atoms with Crippen LogP contribution in [0.5, 0.6) is 11.5 Å². The van der Waals surface area contributed by atoms with Gasteiger partial charge in [0.1, 0.15) is 11.5 Å². The lowest BCUT2D eigenvalue weighted by Gasteiger charge is -2.15. The summed E-state index contributed by atoms with van der Waals surface area (Å²) in [6, 6.07) is 13.7. The van der Waals surface area contributed by atoms with Crippen molar-refractivity contribution in [3.8, 4) is 11.5 Å². The standard InChI is InChI=1S/C15H15ClINO/c1-10(18)9-11-5-4-6-12(16)15(11)19-14-8-3-2-7-13(14)17/h2-8,10H,9,18H2,1H3. The summed E-state index contributed by atoms with van der Waals surface area (Å²) < 4.78 is 7.02. The van der Waals surface area contributed by atoms with Gasteiger partial charge in [-0.1, -0.05) is 35.9 Å². The molecule has 0 aliphatic rings. The highest BCUT2D eigenvalue weighted by atomic mass is 127. The van der Waals surface area contributed by atoms with Gasteiger partial charge in [-0.05, 0) is 59.7 Å². The van der Waals surface area contributed by atoms with E-state index >= 15 is 0 Å². The molecule has 0 heterocycles. The zero-order valence-corrected chi connectivity index (χ0v) is 13.5. The molecule has 0 aromatic heterocycles. The van der Waals surface area contributed by atoms with Gasteiger partial charge in [0.15, 0.2) is 0 Å². The van der Waals surface area contributed by atoms with Gasteiger partial charge in [-0.25, -0.2) is 0 Å². The lowest BCUT2D eigenvalue weighted by atomic mass is 10.1. The minimum Gasteiger partial charge on any atom is -0.454 e. The first-order valence-corrected chi connectivity index (χ1v) is 7.49. The molecule has 2 N–H and O–H groups in total. The van der Waals surface area contributed by atoms with E-state index in [0.717, 1.165) is 21.3 Å². The highest BCUT2D eigenvalue weighted by Crippen LogP contribution is 2.35. The maximum absolute atomic E-state index is 6.25. The molecule has 0 bridgehead atoms. The van der Waals surface area contributed by atoms with Gasteiger partial charge in [-0.3, -0.25) is 0 Å². The van der Waals surface area contributed by atoms with E-state index in [1.165, 1.54) is 0 Å². The molecule has 0 spiro atoms. The summed E-state index contributed by atoms with van der Waals surface area (Å²) in [5.41, 5.74) is 6.90. The molecule has 0 radical (unpaired) electrons. The molecule has 1 unspecified atom stereocenters. The highest BCUT2D eigenvalue weighted by molar-refractivity contribution is 14.1. The Bertz CT molecular complexity index is 572. The second-order valence-electron chi connectivity index (χ2n) is 4.44. The minimum absolute atomic E-state index is 0.0654. The normalized spacial score (nSPS) is 12.2. The average molecular weight is 388 g/mol. The van der Waals surface area contributed by atoms with Gasteiger partial charge in [0.05, 0.1) is 8.59 Å². The van der Waals surface area contributed by atoms with Gasteiger partial charge >= 0.3 is 0 Å². The molecular weight excluding hydrogens is 373 g/mol. The first kappa shape index (κ1) is 14.6. The summed E-state index contributed by atoms with van der Waals surface area (Å²) in [7, 11) is 0. The van der Waals surface area contributed by atoms with Crippen molar-refractivity contribution in [1.29, 1.82) is 0 Å². The molecule has 2 nitrogen and oxygen atoms in total. The quantitative estimate of drug-likeness (QED) is 0.777. The summed E-state index contributed by atoms with van der Waals surface area (Å²) in [5.74, 6) is 1.51. The van der Waals surface area contributed by atoms with E-state index in [0.29, 0.717) is 10.8 Å². The number of ether oxygens (including phenoxy) is 1. The third kappa shape index (κ3) is 3.84. The SMILES string of the molecule is CC(N)Cc1cccc(Cl)c1Oc1ccccc1I. The predicted octanol–water partition coefficient (Wildman–Crippen LogP) is 4.63. The van der Waals surface area contributed by atoms with Crippen molar-refractivity contribution < 1.29 is 4.74 Å². The highest BCUT2D eigenvalue weighted by Gasteiger charge is 2.12. The van der Waals surface area contributed by atoms with Crippen molar-refractivity contribution in [2.45, 2.75) is 19.4 Å². The van der Waals surface area contributed by atoms with Crippen LogP contribution in [-0.2, 0) is 6.42 Å². The summed E-state index contributed by atoms with van der Waals surface area (Å²) >= 11 is 8.49. The summed E-state index contributed by atoms with van der Waals surface area (Å²) in [4.78, 5) is 0.